The first-order valence-corrected chi connectivity index (χ1v) is 6.89. The van der Waals surface area contributed by atoms with Crippen molar-refractivity contribution in [3.63, 3.8) is 0 Å². The maximum Gasteiger partial charge on any atom is 0.123 e. The molecule has 0 aliphatic carbocycles. The van der Waals surface area contributed by atoms with Gasteiger partial charge in [0, 0.05) is 19.1 Å². The molecule has 2 aliphatic heterocycles. The predicted molar refractivity (Wildman–Crippen MR) is 70.8 cm³/mol. The Bertz CT molecular complexity index is 427. The van der Waals surface area contributed by atoms with E-state index in [1.54, 1.807) is 0 Å². The van der Waals surface area contributed by atoms with E-state index in [2.05, 4.69) is 25.1 Å². The van der Waals surface area contributed by atoms with Crippen molar-refractivity contribution in [1.82, 2.24) is 0 Å². The van der Waals surface area contributed by atoms with Crippen LogP contribution in [0.15, 0.2) is 18.2 Å². The SMILES string of the molecule is CC1Cc2cc(C(N)CC3CCCO3)ccc2O1. The summed E-state index contributed by atoms with van der Waals surface area (Å²) < 4.78 is 11.4. The molecule has 3 atom stereocenters. The molecule has 98 valence electrons. The Kier molecular flexibility index (Phi) is 3.27. The molecule has 1 aromatic carbocycles. The summed E-state index contributed by atoms with van der Waals surface area (Å²) in [4.78, 5) is 0. The minimum absolute atomic E-state index is 0.0781. The maximum atomic E-state index is 6.28. The smallest absolute Gasteiger partial charge is 0.123 e. The fraction of sp³-hybridized carbons (Fsp3) is 0.600. The molecule has 1 saturated heterocycles. The van der Waals surface area contributed by atoms with Crippen LogP contribution in [0.1, 0.15) is 43.4 Å². The largest absolute Gasteiger partial charge is 0.490 e. The van der Waals surface area contributed by atoms with Crippen molar-refractivity contribution in [2.75, 3.05) is 6.61 Å². The molecule has 0 bridgehead atoms. The molecule has 18 heavy (non-hydrogen) atoms. The van der Waals surface area contributed by atoms with Crippen LogP contribution in [-0.2, 0) is 11.2 Å². The average molecular weight is 247 g/mol. The third-order valence-electron chi connectivity index (χ3n) is 3.89. The topological polar surface area (TPSA) is 44.5 Å². The molecule has 1 fully saturated rings. The van der Waals surface area contributed by atoms with Gasteiger partial charge in [-0.25, -0.2) is 0 Å². The third-order valence-corrected chi connectivity index (χ3v) is 3.89. The Hall–Kier alpha value is -1.06. The van der Waals surface area contributed by atoms with Gasteiger partial charge in [-0.05, 0) is 43.4 Å². The Labute approximate surface area is 108 Å². The van der Waals surface area contributed by atoms with Crippen molar-refractivity contribution in [3.05, 3.63) is 29.3 Å². The van der Waals surface area contributed by atoms with Crippen molar-refractivity contribution >= 4 is 0 Å². The number of fused-ring (bicyclic) bond motifs is 1. The van der Waals surface area contributed by atoms with Gasteiger partial charge in [-0.15, -0.1) is 0 Å². The van der Waals surface area contributed by atoms with E-state index in [1.807, 2.05) is 0 Å². The first-order chi connectivity index (χ1) is 8.72. The van der Waals surface area contributed by atoms with Crippen molar-refractivity contribution in [2.45, 2.75) is 50.9 Å². The van der Waals surface area contributed by atoms with Crippen LogP contribution in [0, 0.1) is 0 Å². The van der Waals surface area contributed by atoms with Crippen molar-refractivity contribution < 1.29 is 9.47 Å². The molecular formula is C15H21NO2. The van der Waals surface area contributed by atoms with E-state index >= 15 is 0 Å². The number of benzene rings is 1. The lowest BCUT2D eigenvalue weighted by Crippen LogP contribution is -2.18. The van der Waals surface area contributed by atoms with Gasteiger partial charge in [-0.3, -0.25) is 0 Å². The second-order valence-electron chi connectivity index (χ2n) is 5.48. The van der Waals surface area contributed by atoms with Crippen LogP contribution in [0.4, 0.5) is 0 Å². The first-order valence-electron chi connectivity index (χ1n) is 6.89. The van der Waals surface area contributed by atoms with Crippen molar-refractivity contribution in [3.8, 4) is 5.75 Å². The second-order valence-corrected chi connectivity index (χ2v) is 5.48. The molecule has 0 spiro atoms. The van der Waals surface area contributed by atoms with Crippen molar-refractivity contribution in [2.24, 2.45) is 5.73 Å². The average Bonchev–Trinajstić information content (AvgIpc) is 2.95. The molecule has 2 heterocycles. The minimum atomic E-state index is 0.0781. The lowest BCUT2D eigenvalue weighted by molar-refractivity contribution is 0.0983. The number of nitrogens with two attached hydrogens (primary N) is 1. The zero-order valence-electron chi connectivity index (χ0n) is 10.9. The first kappa shape index (κ1) is 12.0. The van der Waals surface area contributed by atoms with Gasteiger partial charge in [0.2, 0.25) is 0 Å². The summed E-state index contributed by atoms with van der Waals surface area (Å²) in [6.45, 7) is 3.00. The highest BCUT2D eigenvalue weighted by Gasteiger charge is 2.23. The molecular weight excluding hydrogens is 226 g/mol. The van der Waals surface area contributed by atoms with Crippen LogP contribution in [0.5, 0.6) is 5.75 Å². The molecule has 1 aromatic rings. The van der Waals surface area contributed by atoms with Gasteiger partial charge in [-0.1, -0.05) is 12.1 Å². The fourth-order valence-corrected chi connectivity index (χ4v) is 2.92. The minimum Gasteiger partial charge on any atom is -0.490 e. The van der Waals surface area contributed by atoms with Crippen LogP contribution < -0.4 is 10.5 Å². The summed E-state index contributed by atoms with van der Waals surface area (Å²) in [6.07, 6.45) is 4.89. The summed E-state index contributed by atoms with van der Waals surface area (Å²) in [5, 5.41) is 0. The van der Waals surface area contributed by atoms with Gasteiger partial charge < -0.3 is 15.2 Å². The highest BCUT2D eigenvalue weighted by molar-refractivity contribution is 5.41. The van der Waals surface area contributed by atoms with Gasteiger partial charge in [-0.2, -0.15) is 0 Å². The summed E-state index contributed by atoms with van der Waals surface area (Å²) in [5.74, 6) is 1.02. The zero-order valence-corrected chi connectivity index (χ0v) is 10.9. The van der Waals surface area contributed by atoms with Crippen LogP contribution in [0.3, 0.4) is 0 Å². The number of ether oxygens (including phenoxy) is 2. The van der Waals surface area contributed by atoms with Crippen LogP contribution in [0.2, 0.25) is 0 Å². The maximum absolute atomic E-state index is 6.28. The highest BCUT2D eigenvalue weighted by Crippen LogP contribution is 2.32. The van der Waals surface area contributed by atoms with Gasteiger partial charge in [0.05, 0.1) is 6.10 Å². The molecule has 2 aliphatic rings. The Morgan fingerprint density at radius 1 is 1.44 bits per heavy atom. The molecule has 3 rings (SSSR count). The standard InChI is InChI=1S/C15H21NO2/c1-10-7-12-8-11(4-5-15(12)18-10)14(16)9-13-3-2-6-17-13/h4-5,8,10,13-14H,2-3,6-7,9,16H2,1H3. The van der Waals surface area contributed by atoms with E-state index in [-0.39, 0.29) is 6.04 Å². The summed E-state index contributed by atoms with van der Waals surface area (Å²) in [5.41, 5.74) is 8.79. The van der Waals surface area contributed by atoms with E-state index in [1.165, 1.54) is 17.5 Å². The van der Waals surface area contributed by atoms with E-state index in [0.29, 0.717) is 12.2 Å². The summed E-state index contributed by atoms with van der Waals surface area (Å²) in [7, 11) is 0. The van der Waals surface area contributed by atoms with Gasteiger partial charge in [0.1, 0.15) is 11.9 Å². The number of rotatable bonds is 3. The lowest BCUT2D eigenvalue weighted by Gasteiger charge is -2.17. The van der Waals surface area contributed by atoms with Gasteiger partial charge in [0.15, 0.2) is 0 Å². The lowest BCUT2D eigenvalue weighted by atomic mass is 9.97. The van der Waals surface area contributed by atoms with E-state index in [9.17, 15) is 0 Å². The second kappa shape index (κ2) is 4.90. The molecule has 3 heteroatoms. The highest BCUT2D eigenvalue weighted by atomic mass is 16.5. The molecule has 0 radical (unpaired) electrons. The van der Waals surface area contributed by atoms with E-state index in [4.69, 9.17) is 15.2 Å². The van der Waals surface area contributed by atoms with Gasteiger partial charge >= 0.3 is 0 Å². The van der Waals surface area contributed by atoms with Gasteiger partial charge in [0.25, 0.3) is 0 Å². The number of hydrogen-bond acceptors (Lipinski definition) is 3. The Morgan fingerprint density at radius 3 is 3.11 bits per heavy atom. The third kappa shape index (κ3) is 2.38. The molecule has 0 amide bonds. The normalized spacial score (nSPS) is 27.9. The molecule has 2 N–H and O–H groups in total. The van der Waals surface area contributed by atoms with Crippen LogP contribution in [0.25, 0.3) is 0 Å². The fourth-order valence-electron chi connectivity index (χ4n) is 2.92. The Balaban J connectivity index is 1.70. The summed E-state index contributed by atoms with van der Waals surface area (Å²) >= 11 is 0. The van der Waals surface area contributed by atoms with Crippen molar-refractivity contribution in [1.29, 1.82) is 0 Å². The van der Waals surface area contributed by atoms with E-state index < -0.39 is 0 Å². The van der Waals surface area contributed by atoms with E-state index in [0.717, 1.165) is 31.6 Å². The predicted octanol–water partition coefficient (Wildman–Crippen LogP) is 2.58. The zero-order chi connectivity index (χ0) is 12.5. The monoisotopic (exact) mass is 247 g/mol. The molecule has 0 saturated carbocycles. The quantitative estimate of drug-likeness (QED) is 0.893. The van der Waals surface area contributed by atoms with Crippen LogP contribution >= 0.6 is 0 Å². The van der Waals surface area contributed by atoms with Crippen LogP contribution in [-0.4, -0.2) is 18.8 Å². The Morgan fingerprint density at radius 2 is 2.33 bits per heavy atom. The molecule has 3 unspecified atom stereocenters. The number of hydrogen-bond donors (Lipinski definition) is 1. The summed E-state index contributed by atoms with van der Waals surface area (Å²) in [6, 6.07) is 6.44. The molecule has 0 aromatic heterocycles. The molecule has 3 nitrogen and oxygen atoms in total.